The monoisotopic (exact) mass is 257 g/mol. The molecule has 17 heavy (non-hydrogen) atoms. The van der Waals surface area contributed by atoms with Crippen LogP contribution in [0, 0.1) is 18.8 Å². The van der Waals surface area contributed by atoms with Gasteiger partial charge in [-0.15, -0.1) is 0 Å². The minimum absolute atomic E-state index is 0.304. The van der Waals surface area contributed by atoms with Crippen molar-refractivity contribution in [3.8, 4) is 0 Å². The van der Waals surface area contributed by atoms with Crippen LogP contribution in [-0.2, 0) is 10.0 Å². The van der Waals surface area contributed by atoms with E-state index >= 15 is 0 Å². The molecule has 0 spiro atoms. The van der Waals surface area contributed by atoms with Crippen LogP contribution in [0.3, 0.4) is 0 Å². The molecule has 2 heterocycles. The van der Waals surface area contributed by atoms with Crippen LogP contribution in [0.4, 0.5) is 0 Å². The Bertz CT molecular complexity index is 485. The predicted molar refractivity (Wildman–Crippen MR) is 65.0 cm³/mol. The average molecular weight is 257 g/mol. The Morgan fingerprint density at radius 2 is 1.94 bits per heavy atom. The van der Waals surface area contributed by atoms with Gasteiger partial charge in [0.2, 0.25) is 10.0 Å². The van der Waals surface area contributed by atoms with Gasteiger partial charge in [-0.05, 0) is 25.2 Å². The molecule has 1 aromatic heterocycles. The normalized spacial score (nSPS) is 27.2. The first-order chi connectivity index (χ1) is 7.91. The minimum atomic E-state index is -3.38. The maximum absolute atomic E-state index is 12.4. The molecule has 0 amide bonds. The molecule has 5 nitrogen and oxygen atoms in total. The molecule has 0 aliphatic carbocycles. The van der Waals surface area contributed by atoms with Gasteiger partial charge in [0, 0.05) is 13.1 Å². The molecule has 1 aromatic rings. The zero-order chi connectivity index (χ0) is 12.6. The summed E-state index contributed by atoms with van der Waals surface area (Å²) in [5, 5.41) is 6.47. The largest absolute Gasteiger partial charge is 0.281 e. The molecule has 1 aliphatic rings. The zero-order valence-corrected chi connectivity index (χ0v) is 11.3. The van der Waals surface area contributed by atoms with Crippen LogP contribution < -0.4 is 0 Å². The third-order valence-electron chi connectivity index (χ3n) is 3.24. The molecule has 0 bridgehead atoms. The Hall–Kier alpha value is -0.880. The quantitative estimate of drug-likeness (QED) is 0.870. The van der Waals surface area contributed by atoms with Crippen molar-refractivity contribution in [2.75, 3.05) is 13.1 Å². The topological polar surface area (TPSA) is 66.1 Å². The Morgan fingerprint density at radius 1 is 1.35 bits per heavy atom. The molecule has 2 unspecified atom stereocenters. The van der Waals surface area contributed by atoms with Crippen molar-refractivity contribution < 1.29 is 8.42 Å². The number of aromatic nitrogens is 2. The van der Waals surface area contributed by atoms with Crippen molar-refractivity contribution in [2.24, 2.45) is 11.8 Å². The van der Waals surface area contributed by atoms with Crippen LogP contribution >= 0.6 is 0 Å². The van der Waals surface area contributed by atoms with E-state index < -0.39 is 10.0 Å². The number of nitrogens with one attached hydrogen (secondary N) is 1. The SMILES string of the molecule is Cc1[nH]ncc1S(=O)(=O)N1CC(C)CC(C)C1. The first kappa shape index (κ1) is 12.6. The number of nitrogens with zero attached hydrogens (tertiary/aromatic N) is 2. The second kappa shape index (κ2) is 4.42. The number of hydrogen-bond acceptors (Lipinski definition) is 3. The molecule has 96 valence electrons. The van der Waals surface area contributed by atoms with Gasteiger partial charge in [-0.25, -0.2) is 8.42 Å². The van der Waals surface area contributed by atoms with E-state index in [1.54, 1.807) is 11.2 Å². The Morgan fingerprint density at radius 3 is 2.41 bits per heavy atom. The van der Waals surface area contributed by atoms with Crippen molar-refractivity contribution in [3.05, 3.63) is 11.9 Å². The Kier molecular flexibility index (Phi) is 3.27. The van der Waals surface area contributed by atoms with Gasteiger partial charge in [0.25, 0.3) is 0 Å². The van der Waals surface area contributed by atoms with E-state index in [0.29, 0.717) is 35.5 Å². The fourth-order valence-electron chi connectivity index (χ4n) is 2.54. The number of hydrogen-bond donors (Lipinski definition) is 1. The maximum Gasteiger partial charge on any atom is 0.246 e. The molecule has 2 atom stereocenters. The molecule has 1 N–H and O–H groups in total. The second-order valence-corrected chi connectivity index (χ2v) is 7.03. The van der Waals surface area contributed by atoms with Crippen molar-refractivity contribution >= 4 is 10.0 Å². The third-order valence-corrected chi connectivity index (χ3v) is 5.18. The maximum atomic E-state index is 12.4. The number of aromatic amines is 1. The predicted octanol–water partition coefficient (Wildman–Crippen LogP) is 1.38. The smallest absolute Gasteiger partial charge is 0.246 e. The molecule has 2 rings (SSSR count). The van der Waals surface area contributed by atoms with Gasteiger partial charge in [0.15, 0.2) is 0 Å². The molecule has 6 heteroatoms. The summed E-state index contributed by atoms with van der Waals surface area (Å²) < 4.78 is 26.4. The van der Waals surface area contributed by atoms with Gasteiger partial charge in [-0.1, -0.05) is 13.8 Å². The van der Waals surface area contributed by atoms with Crippen LogP contribution in [0.2, 0.25) is 0 Å². The lowest BCUT2D eigenvalue weighted by molar-refractivity contribution is 0.222. The van der Waals surface area contributed by atoms with Crippen LogP contribution in [0.25, 0.3) is 0 Å². The third kappa shape index (κ3) is 2.37. The van der Waals surface area contributed by atoms with Crippen LogP contribution in [-0.4, -0.2) is 36.0 Å². The van der Waals surface area contributed by atoms with Gasteiger partial charge in [0.1, 0.15) is 4.90 Å². The lowest BCUT2D eigenvalue weighted by Gasteiger charge is -2.33. The Labute approximate surface area is 102 Å². The summed E-state index contributed by atoms with van der Waals surface area (Å²) in [4.78, 5) is 0.304. The van der Waals surface area contributed by atoms with E-state index in [1.165, 1.54) is 6.20 Å². The van der Waals surface area contributed by atoms with Gasteiger partial charge < -0.3 is 0 Å². The van der Waals surface area contributed by atoms with E-state index in [0.717, 1.165) is 6.42 Å². The van der Waals surface area contributed by atoms with Gasteiger partial charge >= 0.3 is 0 Å². The highest BCUT2D eigenvalue weighted by Gasteiger charge is 2.33. The van der Waals surface area contributed by atoms with Crippen molar-refractivity contribution in [1.82, 2.24) is 14.5 Å². The number of aryl methyl sites for hydroxylation is 1. The molecule has 0 aromatic carbocycles. The summed E-state index contributed by atoms with van der Waals surface area (Å²) >= 11 is 0. The van der Waals surface area contributed by atoms with Gasteiger partial charge in [0.05, 0.1) is 11.9 Å². The minimum Gasteiger partial charge on any atom is -0.281 e. The Balaban J connectivity index is 2.30. The molecule has 0 radical (unpaired) electrons. The first-order valence-electron chi connectivity index (χ1n) is 5.91. The fraction of sp³-hybridized carbons (Fsp3) is 0.727. The highest BCUT2D eigenvalue weighted by molar-refractivity contribution is 7.89. The molecule has 1 aliphatic heterocycles. The standard InChI is InChI=1S/C11H19N3O2S/c1-8-4-9(2)7-14(6-8)17(15,16)11-5-12-13-10(11)3/h5,8-9H,4,6-7H2,1-3H3,(H,12,13). The summed E-state index contributed by atoms with van der Waals surface area (Å²) in [5.41, 5.74) is 0.607. The highest BCUT2D eigenvalue weighted by atomic mass is 32.2. The number of sulfonamides is 1. The fourth-order valence-corrected chi connectivity index (χ4v) is 4.34. The van der Waals surface area contributed by atoms with Crippen molar-refractivity contribution in [2.45, 2.75) is 32.1 Å². The zero-order valence-electron chi connectivity index (χ0n) is 10.5. The van der Waals surface area contributed by atoms with Crippen LogP contribution in [0.5, 0.6) is 0 Å². The van der Waals surface area contributed by atoms with Gasteiger partial charge in [-0.2, -0.15) is 9.40 Å². The second-order valence-electron chi connectivity index (χ2n) is 5.13. The van der Waals surface area contributed by atoms with Gasteiger partial charge in [-0.3, -0.25) is 5.10 Å². The van der Waals surface area contributed by atoms with Crippen molar-refractivity contribution in [3.63, 3.8) is 0 Å². The van der Waals surface area contributed by atoms with E-state index in [4.69, 9.17) is 0 Å². The summed E-state index contributed by atoms with van der Waals surface area (Å²) in [6.45, 7) is 7.14. The molecule has 1 saturated heterocycles. The van der Waals surface area contributed by atoms with E-state index in [1.807, 2.05) is 0 Å². The molecular formula is C11H19N3O2S. The van der Waals surface area contributed by atoms with Crippen LogP contribution in [0.1, 0.15) is 26.0 Å². The lowest BCUT2D eigenvalue weighted by Crippen LogP contribution is -2.42. The van der Waals surface area contributed by atoms with E-state index in [2.05, 4.69) is 24.0 Å². The van der Waals surface area contributed by atoms with Crippen LogP contribution in [0.15, 0.2) is 11.1 Å². The highest BCUT2D eigenvalue weighted by Crippen LogP contribution is 2.27. The van der Waals surface area contributed by atoms with E-state index in [9.17, 15) is 8.42 Å². The number of piperidine rings is 1. The summed E-state index contributed by atoms with van der Waals surface area (Å²) in [6, 6.07) is 0. The summed E-state index contributed by atoms with van der Waals surface area (Å²) in [7, 11) is -3.38. The number of H-pyrrole nitrogens is 1. The average Bonchev–Trinajstić information content (AvgIpc) is 2.63. The van der Waals surface area contributed by atoms with Crippen molar-refractivity contribution in [1.29, 1.82) is 0 Å². The number of rotatable bonds is 2. The molecular weight excluding hydrogens is 238 g/mol. The molecule has 1 fully saturated rings. The summed E-state index contributed by atoms with van der Waals surface area (Å²) in [5.74, 6) is 0.835. The lowest BCUT2D eigenvalue weighted by atomic mass is 9.94. The first-order valence-corrected chi connectivity index (χ1v) is 7.35. The summed E-state index contributed by atoms with van der Waals surface area (Å²) in [6.07, 6.45) is 2.49. The molecule has 0 saturated carbocycles. The van der Waals surface area contributed by atoms with E-state index in [-0.39, 0.29) is 0 Å².